The van der Waals surface area contributed by atoms with E-state index in [1.807, 2.05) is 17.4 Å². The van der Waals surface area contributed by atoms with E-state index in [-0.39, 0.29) is 0 Å². The number of benzene rings is 8. The first-order valence-corrected chi connectivity index (χ1v) is 17.4. The highest BCUT2D eigenvalue weighted by Crippen LogP contribution is 2.47. The Morgan fingerprint density at radius 3 is 1.90 bits per heavy atom. The molecule has 3 heteroatoms. The van der Waals surface area contributed by atoms with Crippen molar-refractivity contribution >= 4 is 81.3 Å². The number of nitrogens with zero attached hydrogens (tertiary/aromatic N) is 1. The van der Waals surface area contributed by atoms with Crippen molar-refractivity contribution in [1.82, 2.24) is 0 Å². The smallest absolute Gasteiger partial charge is 0.138 e. The van der Waals surface area contributed by atoms with Gasteiger partial charge in [0.2, 0.25) is 0 Å². The minimum atomic E-state index is 0.880. The molecule has 230 valence electrons. The lowest BCUT2D eigenvalue weighted by molar-refractivity contribution is 0.669. The van der Waals surface area contributed by atoms with E-state index in [1.54, 1.807) is 0 Å². The fourth-order valence-corrected chi connectivity index (χ4v) is 8.70. The second kappa shape index (κ2) is 11.2. The Labute approximate surface area is 287 Å². The van der Waals surface area contributed by atoms with E-state index in [0.717, 1.165) is 44.6 Å². The molecule has 0 aliphatic heterocycles. The summed E-state index contributed by atoms with van der Waals surface area (Å²) in [6.07, 6.45) is 0. The molecule has 10 rings (SSSR count). The lowest BCUT2D eigenvalue weighted by Crippen LogP contribution is -2.12. The SMILES string of the molecule is c1ccc(-c2ccccc2N(c2ccc(-c3cccc4c3sc3ccccc34)cc2)c2cc3oc4ccccc4c3c3ccccc23)cc1. The van der Waals surface area contributed by atoms with E-state index in [4.69, 9.17) is 4.42 Å². The topological polar surface area (TPSA) is 16.4 Å². The van der Waals surface area contributed by atoms with E-state index < -0.39 is 0 Å². The van der Waals surface area contributed by atoms with Crippen LogP contribution in [0.15, 0.2) is 180 Å². The fourth-order valence-electron chi connectivity index (χ4n) is 7.46. The van der Waals surface area contributed by atoms with Crippen LogP contribution in [0.1, 0.15) is 0 Å². The Kier molecular flexibility index (Phi) is 6.39. The van der Waals surface area contributed by atoms with Gasteiger partial charge in [0, 0.05) is 53.6 Å². The lowest BCUT2D eigenvalue weighted by Gasteiger charge is -2.29. The van der Waals surface area contributed by atoms with E-state index in [2.05, 4.69) is 175 Å². The number of anilines is 3. The van der Waals surface area contributed by atoms with Crippen molar-refractivity contribution in [2.75, 3.05) is 4.90 Å². The van der Waals surface area contributed by atoms with Crippen LogP contribution in [-0.4, -0.2) is 0 Å². The molecule has 0 fully saturated rings. The first kappa shape index (κ1) is 27.9. The van der Waals surface area contributed by atoms with Crippen LogP contribution in [0, 0.1) is 0 Å². The number of hydrogen-bond donors (Lipinski definition) is 0. The minimum Gasteiger partial charge on any atom is -0.456 e. The summed E-state index contributed by atoms with van der Waals surface area (Å²) < 4.78 is 9.20. The van der Waals surface area contributed by atoms with Crippen LogP contribution >= 0.6 is 11.3 Å². The highest BCUT2D eigenvalue weighted by Gasteiger charge is 2.22. The van der Waals surface area contributed by atoms with Gasteiger partial charge in [-0.2, -0.15) is 0 Å². The van der Waals surface area contributed by atoms with Crippen molar-refractivity contribution < 1.29 is 4.42 Å². The number of fused-ring (bicyclic) bond motifs is 8. The van der Waals surface area contributed by atoms with Gasteiger partial charge < -0.3 is 9.32 Å². The lowest BCUT2D eigenvalue weighted by atomic mass is 9.98. The maximum atomic E-state index is 6.56. The largest absolute Gasteiger partial charge is 0.456 e. The van der Waals surface area contributed by atoms with Crippen molar-refractivity contribution in [3.05, 3.63) is 176 Å². The van der Waals surface area contributed by atoms with Crippen LogP contribution in [0.5, 0.6) is 0 Å². The summed E-state index contributed by atoms with van der Waals surface area (Å²) in [7, 11) is 0. The molecule has 2 nitrogen and oxygen atoms in total. The Morgan fingerprint density at radius 1 is 0.408 bits per heavy atom. The second-order valence-corrected chi connectivity index (χ2v) is 13.5. The molecule has 0 N–H and O–H groups in total. The van der Waals surface area contributed by atoms with Crippen molar-refractivity contribution in [3.63, 3.8) is 0 Å². The summed E-state index contributed by atoms with van der Waals surface area (Å²) in [5, 5.41) is 7.26. The number of furan rings is 1. The average molecular weight is 644 g/mol. The van der Waals surface area contributed by atoms with Crippen LogP contribution in [-0.2, 0) is 0 Å². The summed E-state index contributed by atoms with van der Waals surface area (Å²) in [6.45, 7) is 0. The van der Waals surface area contributed by atoms with Crippen LogP contribution < -0.4 is 4.90 Å². The van der Waals surface area contributed by atoms with E-state index in [9.17, 15) is 0 Å². The molecule has 2 aromatic heterocycles. The Hall–Kier alpha value is -6.16. The number of hydrogen-bond acceptors (Lipinski definition) is 3. The molecule has 0 radical (unpaired) electrons. The first-order valence-electron chi connectivity index (χ1n) is 16.6. The molecule has 0 saturated carbocycles. The standard InChI is InChI=1S/C46H29NOS/c1-2-13-30(14-3-1)33-15-6-9-22-40(33)47(41-29-43-45(37-18-5-4-16-35(37)41)39-19-7-10-23-42(39)48-43)32-27-25-31(26-28-32)34-20-12-21-38-36-17-8-11-24-44(36)49-46(34)38/h1-29H. The van der Waals surface area contributed by atoms with Gasteiger partial charge in [-0.3, -0.25) is 0 Å². The van der Waals surface area contributed by atoms with Gasteiger partial charge in [-0.1, -0.05) is 140 Å². The molecular formula is C46H29NOS. The number of para-hydroxylation sites is 2. The molecule has 0 aliphatic rings. The van der Waals surface area contributed by atoms with Crippen LogP contribution in [0.25, 0.3) is 75.1 Å². The maximum absolute atomic E-state index is 6.56. The van der Waals surface area contributed by atoms with Gasteiger partial charge in [0.15, 0.2) is 0 Å². The predicted molar refractivity (Wildman–Crippen MR) is 210 cm³/mol. The van der Waals surface area contributed by atoms with Crippen molar-refractivity contribution in [2.24, 2.45) is 0 Å². The van der Waals surface area contributed by atoms with Gasteiger partial charge in [0.05, 0.1) is 11.4 Å². The van der Waals surface area contributed by atoms with Crippen molar-refractivity contribution in [1.29, 1.82) is 0 Å². The van der Waals surface area contributed by atoms with Crippen molar-refractivity contribution in [3.8, 4) is 22.3 Å². The van der Waals surface area contributed by atoms with Crippen LogP contribution in [0.3, 0.4) is 0 Å². The number of rotatable bonds is 5. The fraction of sp³-hybridized carbons (Fsp3) is 0. The normalized spacial score (nSPS) is 11.7. The Bertz CT molecular complexity index is 2830. The monoisotopic (exact) mass is 643 g/mol. The average Bonchev–Trinajstić information content (AvgIpc) is 3.74. The van der Waals surface area contributed by atoms with E-state index >= 15 is 0 Å². The zero-order valence-corrected chi connectivity index (χ0v) is 27.3. The van der Waals surface area contributed by atoms with Gasteiger partial charge in [-0.05, 0) is 52.4 Å². The summed E-state index contributed by atoms with van der Waals surface area (Å²) >= 11 is 1.87. The molecule has 0 atom stereocenters. The third kappa shape index (κ3) is 4.47. The molecule has 0 aliphatic carbocycles. The zero-order valence-electron chi connectivity index (χ0n) is 26.5. The first-order chi connectivity index (χ1) is 24.3. The highest BCUT2D eigenvalue weighted by molar-refractivity contribution is 7.26. The highest BCUT2D eigenvalue weighted by atomic mass is 32.1. The van der Waals surface area contributed by atoms with E-state index in [1.165, 1.54) is 47.6 Å². The maximum Gasteiger partial charge on any atom is 0.138 e. The van der Waals surface area contributed by atoms with Gasteiger partial charge in [0.25, 0.3) is 0 Å². The summed E-state index contributed by atoms with van der Waals surface area (Å²) in [6, 6.07) is 63.1. The van der Waals surface area contributed by atoms with Crippen LogP contribution in [0.4, 0.5) is 17.1 Å². The molecule has 0 amide bonds. The molecule has 0 saturated heterocycles. The van der Waals surface area contributed by atoms with Gasteiger partial charge in [-0.15, -0.1) is 11.3 Å². The predicted octanol–water partition coefficient (Wildman–Crippen LogP) is 13.9. The quantitative estimate of drug-likeness (QED) is 0.186. The van der Waals surface area contributed by atoms with Gasteiger partial charge >= 0.3 is 0 Å². The molecule has 0 unspecified atom stereocenters. The van der Waals surface area contributed by atoms with Crippen molar-refractivity contribution in [2.45, 2.75) is 0 Å². The number of thiophene rings is 1. The summed E-state index contributed by atoms with van der Waals surface area (Å²) in [5.74, 6) is 0. The second-order valence-electron chi connectivity index (χ2n) is 12.5. The molecule has 10 aromatic rings. The third-order valence-corrected chi connectivity index (χ3v) is 10.9. The summed E-state index contributed by atoms with van der Waals surface area (Å²) in [5.41, 5.74) is 9.84. The Balaban J connectivity index is 1.22. The van der Waals surface area contributed by atoms with E-state index in [0.29, 0.717) is 0 Å². The zero-order chi connectivity index (χ0) is 32.3. The van der Waals surface area contributed by atoms with Gasteiger partial charge in [0.1, 0.15) is 11.2 Å². The van der Waals surface area contributed by atoms with Crippen LogP contribution in [0.2, 0.25) is 0 Å². The Morgan fingerprint density at radius 2 is 1.04 bits per heavy atom. The third-order valence-electron chi connectivity index (χ3n) is 9.67. The molecule has 2 heterocycles. The summed E-state index contributed by atoms with van der Waals surface area (Å²) in [4.78, 5) is 2.40. The molecule has 8 aromatic carbocycles. The molecule has 0 bridgehead atoms. The minimum absolute atomic E-state index is 0.880. The molecule has 0 spiro atoms. The van der Waals surface area contributed by atoms with Gasteiger partial charge in [-0.25, -0.2) is 0 Å². The molecule has 49 heavy (non-hydrogen) atoms. The molecular weight excluding hydrogens is 615 g/mol.